The lowest BCUT2D eigenvalue weighted by molar-refractivity contribution is -0.155. The van der Waals surface area contributed by atoms with Gasteiger partial charge in [-0.05, 0) is 47.2 Å². The van der Waals surface area contributed by atoms with Gasteiger partial charge in [-0.25, -0.2) is 4.79 Å². The van der Waals surface area contributed by atoms with Gasteiger partial charge in [0.2, 0.25) is 0 Å². The summed E-state index contributed by atoms with van der Waals surface area (Å²) < 4.78 is 5.19. The third-order valence-corrected chi connectivity index (χ3v) is 6.15. The number of nitrogens with zero attached hydrogens (tertiary/aromatic N) is 3. The number of nitrogens with one attached hydrogen (secondary N) is 2. The van der Waals surface area contributed by atoms with Crippen LogP contribution in [0.15, 0.2) is 73.2 Å². The van der Waals surface area contributed by atoms with Crippen molar-refractivity contribution in [2.45, 2.75) is 38.8 Å². The van der Waals surface area contributed by atoms with E-state index < -0.39 is 24.0 Å². The number of aromatic amines is 1. The quantitative estimate of drug-likeness (QED) is 0.236. The largest absolute Gasteiger partial charge is 0.464 e. The molecule has 1 amide bonds. The fraction of sp³-hybridized carbons (Fsp3) is 0.276. The summed E-state index contributed by atoms with van der Waals surface area (Å²) in [4.78, 5) is 33.7. The van der Waals surface area contributed by atoms with Crippen LogP contribution in [0, 0.1) is 5.92 Å². The highest BCUT2D eigenvalue weighted by atomic mass is 35.5. The van der Waals surface area contributed by atoms with Crippen LogP contribution in [0.25, 0.3) is 22.5 Å². The molecule has 0 radical (unpaired) electrons. The number of hydrogen-bond donors (Lipinski definition) is 3. The van der Waals surface area contributed by atoms with Gasteiger partial charge < -0.3 is 15.2 Å². The minimum absolute atomic E-state index is 0.0239. The molecule has 10 heteroatoms. The Bertz CT molecular complexity index is 1390. The van der Waals surface area contributed by atoms with Crippen molar-refractivity contribution in [2.24, 2.45) is 5.92 Å². The molecule has 0 aliphatic carbocycles. The van der Waals surface area contributed by atoms with Gasteiger partial charge in [0.1, 0.15) is 17.1 Å². The second-order valence-electron chi connectivity index (χ2n) is 9.61. The molecule has 0 saturated heterocycles. The first-order valence-corrected chi connectivity index (χ1v) is 13.0. The predicted molar refractivity (Wildman–Crippen MR) is 148 cm³/mol. The number of carbonyl (C=O) groups is 2. The zero-order chi connectivity index (χ0) is 27.8. The van der Waals surface area contributed by atoms with E-state index in [0.717, 1.165) is 16.7 Å². The van der Waals surface area contributed by atoms with Crippen molar-refractivity contribution in [1.82, 2.24) is 25.5 Å². The summed E-state index contributed by atoms with van der Waals surface area (Å²) in [6, 6.07) is 16.4. The smallest absolute Gasteiger partial charge is 0.335 e. The minimum Gasteiger partial charge on any atom is -0.464 e. The van der Waals surface area contributed by atoms with Gasteiger partial charge in [-0.3, -0.25) is 19.9 Å². The number of H-pyrrole nitrogens is 1. The summed E-state index contributed by atoms with van der Waals surface area (Å²) in [7, 11) is 0. The SMILES string of the molecule is CC(C)COC(=O)C(O)CC(Cc1ccc(-c2cccc(Cl)c2)cc1)NC(=O)c1cc(-c2cnccn2)n[nH]1. The fourth-order valence-electron chi connectivity index (χ4n) is 3.95. The van der Waals surface area contributed by atoms with Crippen molar-refractivity contribution in [1.29, 1.82) is 0 Å². The molecule has 0 aliphatic rings. The third kappa shape index (κ3) is 7.95. The second kappa shape index (κ2) is 13.1. The number of rotatable bonds is 11. The first-order chi connectivity index (χ1) is 18.8. The average molecular weight is 548 g/mol. The molecule has 2 aromatic carbocycles. The van der Waals surface area contributed by atoms with Crippen molar-refractivity contribution < 1.29 is 19.4 Å². The molecule has 4 rings (SSSR count). The minimum atomic E-state index is -1.39. The number of esters is 1. The Morgan fingerprint density at radius 2 is 1.85 bits per heavy atom. The van der Waals surface area contributed by atoms with Crippen LogP contribution < -0.4 is 5.32 Å². The molecular formula is C29H30ClN5O4. The number of carbonyl (C=O) groups excluding carboxylic acids is 2. The molecule has 0 saturated carbocycles. The molecule has 2 unspecified atom stereocenters. The Kier molecular flexibility index (Phi) is 9.40. The van der Waals surface area contributed by atoms with Crippen molar-refractivity contribution in [3.8, 4) is 22.5 Å². The number of aliphatic hydroxyl groups is 1. The van der Waals surface area contributed by atoms with Gasteiger partial charge in [-0.2, -0.15) is 5.10 Å². The number of aromatic nitrogens is 4. The highest BCUT2D eigenvalue weighted by Gasteiger charge is 2.25. The van der Waals surface area contributed by atoms with E-state index in [1.54, 1.807) is 18.5 Å². The van der Waals surface area contributed by atoms with Crippen LogP contribution in [0.1, 0.15) is 36.3 Å². The Morgan fingerprint density at radius 3 is 2.54 bits per heavy atom. The number of amides is 1. The molecule has 202 valence electrons. The number of aliphatic hydroxyl groups excluding tert-OH is 1. The van der Waals surface area contributed by atoms with E-state index >= 15 is 0 Å². The fourth-order valence-corrected chi connectivity index (χ4v) is 4.14. The van der Waals surface area contributed by atoms with Crippen LogP contribution in [0.3, 0.4) is 0 Å². The van der Waals surface area contributed by atoms with Crippen LogP contribution in [0.2, 0.25) is 5.02 Å². The standard InChI is InChI=1S/C29H30ClN5O4/c1-18(2)17-39-29(38)27(36)14-23(12-19-6-8-20(9-7-19)21-4-3-5-22(30)13-21)33-28(37)25-15-24(34-35-25)26-16-31-10-11-32-26/h3-11,13,15-16,18,23,27,36H,12,14,17H2,1-2H3,(H,33,37)(H,34,35). The molecule has 0 spiro atoms. The van der Waals surface area contributed by atoms with Gasteiger partial charge in [-0.15, -0.1) is 0 Å². The second-order valence-corrected chi connectivity index (χ2v) is 10.1. The molecular weight excluding hydrogens is 518 g/mol. The molecule has 0 bridgehead atoms. The number of benzene rings is 2. The molecule has 0 fully saturated rings. The first-order valence-electron chi connectivity index (χ1n) is 12.6. The predicted octanol–water partition coefficient (Wildman–Crippen LogP) is 4.48. The van der Waals surface area contributed by atoms with Gasteiger partial charge in [0.15, 0.2) is 6.10 Å². The molecule has 4 aromatic rings. The van der Waals surface area contributed by atoms with E-state index in [4.69, 9.17) is 16.3 Å². The van der Waals surface area contributed by atoms with E-state index in [-0.39, 0.29) is 24.6 Å². The van der Waals surface area contributed by atoms with Crippen LogP contribution in [0.4, 0.5) is 0 Å². The maximum absolute atomic E-state index is 13.1. The Balaban J connectivity index is 1.49. The van der Waals surface area contributed by atoms with Crippen LogP contribution >= 0.6 is 11.6 Å². The van der Waals surface area contributed by atoms with Gasteiger partial charge in [0.25, 0.3) is 5.91 Å². The normalized spacial score (nSPS) is 12.6. The summed E-state index contributed by atoms with van der Waals surface area (Å²) >= 11 is 6.13. The van der Waals surface area contributed by atoms with Crippen molar-refractivity contribution in [3.05, 3.63) is 89.5 Å². The van der Waals surface area contributed by atoms with Crippen molar-refractivity contribution >= 4 is 23.5 Å². The summed E-state index contributed by atoms with van der Waals surface area (Å²) in [5.41, 5.74) is 4.10. The van der Waals surface area contributed by atoms with Crippen LogP contribution in [0.5, 0.6) is 0 Å². The molecule has 2 atom stereocenters. The zero-order valence-electron chi connectivity index (χ0n) is 21.7. The van der Waals surface area contributed by atoms with Crippen molar-refractivity contribution in [2.75, 3.05) is 6.61 Å². The molecule has 3 N–H and O–H groups in total. The lowest BCUT2D eigenvalue weighted by atomic mass is 9.97. The maximum Gasteiger partial charge on any atom is 0.335 e. The highest BCUT2D eigenvalue weighted by molar-refractivity contribution is 6.30. The first kappa shape index (κ1) is 27.9. The summed E-state index contributed by atoms with van der Waals surface area (Å²) in [6.45, 7) is 4.03. The Morgan fingerprint density at radius 1 is 1.05 bits per heavy atom. The van der Waals surface area contributed by atoms with Gasteiger partial charge in [0, 0.05) is 29.9 Å². The monoisotopic (exact) mass is 547 g/mol. The Hall–Kier alpha value is -4.08. The van der Waals surface area contributed by atoms with Crippen LogP contribution in [-0.2, 0) is 16.0 Å². The van der Waals surface area contributed by atoms with E-state index in [1.807, 2.05) is 62.4 Å². The average Bonchev–Trinajstić information content (AvgIpc) is 3.43. The zero-order valence-corrected chi connectivity index (χ0v) is 22.4. The molecule has 2 heterocycles. The number of ether oxygens (including phenoxy) is 1. The molecule has 0 aliphatic heterocycles. The molecule has 9 nitrogen and oxygen atoms in total. The van der Waals surface area contributed by atoms with Crippen LogP contribution in [-0.4, -0.2) is 55.9 Å². The lowest BCUT2D eigenvalue weighted by Gasteiger charge is -2.21. The van der Waals surface area contributed by atoms with Gasteiger partial charge >= 0.3 is 5.97 Å². The van der Waals surface area contributed by atoms with Gasteiger partial charge in [0.05, 0.1) is 12.8 Å². The molecule has 2 aromatic heterocycles. The highest BCUT2D eigenvalue weighted by Crippen LogP contribution is 2.24. The topological polar surface area (TPSA) is 130 Å². The summed E-state index contributed by atoms with van der Waals surface area (Å²) in [6.07, 6.45) is 3.60. The summed E-state index contributed by atoms with van der Waals surface area (Å²) in [5.74, 6) is -1.01. The number of halogens is 1. The van der Waals surface area contributed by atoms with E-state index in [9.17, 15) is 14.7 Å². The number of hydrogen-bond acceptors (Lipinski definition) is 7. The lowest BCUT2D eigenvalue weighted by Crippen LogP contribution is -2.41. The van der Waals surface area contributed by atoms with E-state index in [2.05, 4.69) is 25.5 Å². The maximum atomic E-state index is 13.1. The molecule has 39 heavy (non-hydrogen) atoms. The third-order valence-electron chi connectivity index (χ3n) is 5.92. The van der Waals surface area contributed by atoms with Crippen molar-refractivity contribution in [3.63, 3.8) is 0 Å². The Labute approximate surface area is 231 Å². The van der Waals surface area contributed by atoms with Gasteiger partial charge in [-0.1, -0.05) is 61.8 Å². The van der Waals surface area contributed by atoms with E-state index in [1.165, 1.54) is 6.20 Å². The van der Waals surface area contributed by atoms with E-state index in [0.29, 0.717) is 22.8 Å². The summed E-state index contributed by atoms with van der Waals surface area (Å²) in [5, 5.41) is 21.0.